The highest BCUT2D eigenvalue weighted by molar-refractivity contribution is 5.33. The predicted octanol–water partition coefficient (Wildman–Crippen LogP) is 2.21. The molecule has 2 heteroatoms. The Morgan fingerprint density at radius 2 is 1.89 bits per heavy atom. The van der Waals surface area contributed by atoms with Gasteiger partial charge in [-0.3, -0.25) is 4.90 Å². The lowest BCUT2D eigenvalue weighted by molar-refractivity contribution is 0.110. The largest absolute Gasteiger partial charge is 0.327 e. The van der Waals surface area contributed by atoms with Crippen molar-refractivity contribution in [3.63, 3.8) is 0 Å². The summed E-state index contributed by atoms with van der Waals surface area (Å²) in [5, 5.41) is 0. The summed E-state index contributed by atoms with van der Waals surface area (Å²) in [6, 6.07) is 10.1. The first-order valence-corrected chi connectivity index (χ1v) is 7.34. The molecule has 98 valence electrons. The molecule has 3 rings (SSSR count). The molecule has 2 atom stereocenters. The van der Waals surface area contributed by atoms with Gasteiger partial charge in [-0.1, -0.05) is 37.6 Å². The van der Waals surface area contributed by atoms with Gasteiger partial charge in [0, 0.05) is 18.6 Å². The van der Waals surface area contributed by atoms with Crippen molar-refractivity contribution >= 4 is 0 Å². The second-order valence-corrected chi connectivity index (χ2v) is 5.95. The molecule has 0 bridgehead atoms. The van der Waals surface area contributed by atoms with Crippen LogP contribution in [0.15, 0.2) is 24.3 Å². The third-order valence-electron chi connectivity index (χ3n) is 4.89. The Kier molecular flexibility index (Phi) is 3.40. The minimum absolute atomic E-state index is 0.426. The summed E-state index contributed by atoms with van der Waals surface area (Å²) < 4.78 is 0. The maximum absolute atomic E-state index is 6.21. The molecule has 18 heavy (non-hydrogen) atoms. The summed E-state index contributed by atoms with van der Waals surface area (Å²) in [4.78, 5) is 2.69. The van der Waals surface area contributed by atoms with Crippen molar-refractivity contribution in [2.24, 2.45) is 11.7 Å². The van der Waals surface area contributed by atoms with E-state index >= 15 is 0 Å². The average molecular weight is 244 g/mol. The monoisotopic (exact) mass is 244 g/mol. The van der Waals surface area contributed by atoms with E-state index < -0.39 is 0 Å². The van der Waals surface area contributed by atoms with Crippen LogP contribution in [0.2, 0.25) is 0 Å². The fourth-order valence-corrected chi connectivity index (χ4v) is 3.64. The molecule has 1 saturated heterocycles. The molecule has 1 heterocycles. The molecular formula is C16H24N2. The Bertz CT molecular complexity index is 390. The highest BCUT2D eigenvalue weighted by Crippen LogP contribution is 2.29. The van der Waals surface area contributed by atoms with E-state index in [1.807, 2.05) is 0 Å². The number of piperidine rings is 1. The third-order valence-corrected chi connectivity index (χ3v) is 4.89. The van der Waals surface area contributed by atoms with Crippen LogP contribution in [-0.4, -0.2) is 30.1 Å². The molecule has 0 saturated carbocycles. The van der Waals surface area contributed by atoms with Crippen LogP contribution in [0, 0.1) is 5.92 Å². The average Bonchev–Trinajstić information content (AvgIpc) is 2.83. The number of benzene rings is 1. The van der Waals surface area contributed by atoms with Gasteiger partial charge in [-0.15, -0.1) is 0 Å². The highest BCUT2D eigenvalue weighted by Gasteiger charge is 2.32. The second-order valence-electron chi connectivity index (χ2n) is 5.95. The minimum Gasteiger partial charge on any atom is -0.327 e. The third kappa shape index (κ3) is 2.19. The van der Waals surface area contributed by atoms with Gasteiger partial charge >= 0.3 is 0 Å². The quantitative estimate of drug-likeness (QED) is 0.864. The summed E-state index contributed by atoms with van der Waals surface area (Å²) >= 11 is 0. The molecule has 2 aliphatic rings. The van der Waals surface area contributed by atoms with Crippen LogP contribution < -0.4 is 5.73 Å². The van der Waals surface area contributed by atoms with Gasteiger partial charge in [0.1, 0.15) is 0 Å². The van der Waals surface area contributed by atoms with Crippen LogP contribution in [0.5, 0.6) is 0 Å². The molecule has 0 spiro atoms. The Hall–Kier alpha value is -0.860. The van der Waals surface area contributed by atoms with Gasteiger partial charge in [-0.05, 0) is 42.9 Å². The zero-order valence-electron chi connectivity index (χ0n) is 11.3. The van der Waals surface area contributed by atoms with Gasteiger partial charge in [0.15, 0.2) is 0 Å². The van der Waals surface area contributed by atoms with Crippen molar-refractivity contribution in [3.8, 4) is 0 Å². The molecule has 1 aromatic rings. The Balaban J connectivity index is 1.68. The molecule has 0 aromatic heterocycles. The van der Waals surface area contributed by atoms with E-state index in [-0.39, 0.29) is 0 Å². The van der Waals surface area contributed by atoms with E-state index in [9.17, 15) is 0 Å². The lowest BCUT2D eigenvalue weighted by Gasteiger charge is -2.39. The Morgan fingerprint density at radius 3 is 2.50 bits per heavy atom. The number of nitrogens with zero attached hydrogens (tertiary/aromatic N) is 1. The zero-order valence-corrected chi connectivity index (χ0v) is 11.3. The van der Waals surface area contributed by atoms with Crippen LogP contribution in [-0.2, 0) is 12.8 Å². The standard InChI is InChI=1S/C16H24N2/c1-2-12-11-18(8-7-16(12)17)15-9-13-5-3-4-6-14(13)10-15/h3-6,12,15-16H,2,7-11,17H2,1H3. The first-order valence-electron chi connectivity index (χ1n) is 7.34. The Labute approximate surface area is 110 Å². The van der Waals surface area contributed by atoms with Gasteiger partial charge in [-0.2, -0.15) is 0 Å². The first-order chi connectivity index (χ1) is 8.78. The van der Waals surface area contributed by atoms with Gasteiger partial charge in [0.25, 0.3) is 0 Å². The van der Waals surface area contributed by atoms with E-state index in [2.05, 4.69) is 36.1 Å². The smallest absolute Gasteiger partial charge is 0.0176 e. The van der Waals surface area contributed by atoms with Gasteiger partial charge in [0.2, 0.25) is 0 Å². The molecule has 2 nitrogen and oxygen atoms in total. The van der Waals surface area contributed by atoms with E-state index in [1.165, 1.54) is 38.8 Å². The first kappa shape index (κ1) is 12.2. The summed E-state index contributed by atoms with van der Waals surface area (Å²) in [7, 11) is 0. The molecule has 1 aliphatic carbocycles. The van der Waals surface area contributed by atoms with Crippen molar-refractivity contribution < 1.29 is 0 Å². The van der Waals surface area contributed by atoms with Crippen molar-refractivity contribution in [1.82, 2.24) is 4.90 Å². The molecule has 2 unspecified atom stereocenters. The lowest BCUT2D eigenvalue weighted by atomic mass is 9.89. The number of hydrogen-bond acceptors (Lipinski definition) is 2. The lowest BCUT2D eigenvalue weighted by Crippen LogP contribution is -2.50. The highest BCUT2D eigenvalue weighted by atomic mass is 15.2. The van der Waals surface area contributed by atoms with Crippen molar-refractivity contribution in [3.05, 3.63) is 35.4 Å². The van der Waals surface area contributed by atoms with Crippen LogP contribution in [0.3, 0.4) is 0 Å². The minimum atomic E-state index is 0.426. The van der Waals surface area contributed by atoms with E-state index in [0.29, 0.717) is 12.0 Å². The SMILES string of the molecule is CCC1CN(C2Cc3ccccc3C2)CCC1N. The summed E-state index contributed by atoms with van der Waals surface area (Å²) in [5.41, 5.74) is 9.33. The van der Waals surface area contributed by atoms with E-state index in [0.717, 1.165) is 6.04 Å². The number of fused-ring (bicyclic) bond motifs is 1. The molecule has 1 aromatic carbocycles. The van der Waals surface area contributed by atoms with Gasteiger partial charge in [-0.25, -0.2) is 0 Å². The maximum Gasteiger partial charge on any atom is 0.0176 e. The maximum atomic E-state index is 6.21. The van der Waals surface area contributed by atoms with Crippen LogP contribution >= 0.6 is 0 Å². The van der Waals surface area contributed by atoms with Crippen molar-refractivity contribution in [2.75, 3.05) is 13.1 Å². The molecular weight excluding hydrogens is 220 g/mol. The number of likely N-dealkylation sites (tertiary alicyclic amines) is 1. The van der Waals surface area contributed by atoms with Crippen LogP contribution in [0.4, 0.5) is 0 Å². The molecule has 0 amide bonds. The topological polar surface area (TPSA) is 29.3 Å². The number of nitrogens with two attached hydrogens (primary N) is 1. The van der Waals surface area contributed by atoms with E-state index in [1.54, 1.807) is 11.1 Å². The molecule has 1 aliphatic heterocycles. The zero-order chi connectivity index (χ0) is 12.5. The fourth-order valence-electron chi connectivity index (χ4n) is 3.64. The van der Waals surface area contributed by atoms with Crippen LogP contribution in [0.25, 0.3) is 0 Å². The fraction of sp³-hybridized carbons (Fsp3) is 0.625. The Morgan fingerprint density at radius 1 is 1.22 bits per heavy atom. The number of hydrogen-bond donors (Lipinski definition) is 1. The second kappa shape index (κ2) is 5.02. The predicted molar refractivity (Wildman–Crippen MR) is 75.6 cm³/mol. The van der Waals surface area contributed by atoms with Gasteiger partial charge < -0.3 is 5.73 Å². The summed E-state index contributed by atoms with van der Waals surface area (Å²) in [6.45, 7) is 4.67. The van der Waals surface area contributed by atoms with Crippen molar-refractivity contribution in [1.29, 1.82) is 0 Å². The normalized spacial score (nSPS) is 29.4. The van der Waals surface area contributed by atoms with Crippen molar-refractivity contribution in [2.45, 2.75) is 44.7 Å². The molecule has 2 N–H and O–H groups in total. The number of rotatable bonds is 2. The summed E-state index contributed by atoms with van der Waals surface area (Å²) in [5.74, 6) is 0.697. The van der Waals surface area contributed by atoms with E-state index in [4.69, 9.17) is 5.73 Å². The van der Waals surface area contributed by atoms with Gasteiger partial charge in [0.05, 0.1) is 0 Å². The van der Waals surface area contributed by atoms with Crippen LogP contribution in [0.1, 0.15) is 30.9 Å². The molecule has 1 fully saturated rings. The summed E-state index contributed by atoms with van der Waals surface area (Å²) in [6.07, 6.45) is 4.87. The molecule has 0 radical (unpaired) electrons.